The minimum atomic E-state index is -3.23. The monoisotopic (exact) mass is 655 g/mol. The van der Waals surface area contributed by atoms with Crippen LogP contribution in [0.15, 0.2) is 95.8 Å². The fourth-order valence-electron chi connectivity index (χ4n) is 3.70. The smallest absolute Gasteiger partial charge is 0.236 e. The first-order valence-corrected chi connectivity index (χ1v) is 19.0. The molecule has 0 unspecified atom stereocenters. The minimum absolute atomic E-state index is 0. The third kappa shape index (κ3) is 18.0. The van der Waals surface area contributed by atoms with Gasteiger partial charge in [0.1, 0.15) is 0 Å². The number of thiophene rings is 1. The molecule has 0 amide bonds. The quantitative estimate of drug-likeness (QED) is 0.194. The van der Waals surface area contributed by atoms with Crippen molar-refractivity contribution in [3.63, 3.8) is 0 Å². The molecule has 5 heteroatoms. The lowest BCUT2D eigenvalue weighted by Gasteiger charge is -2.06. The molecule has 5 rings (SSSR count). The minimum Gasteiger partial charge on any atom is -0.245 e. The number of aromatic nitrogens is 1. The maximum Gasteiger partial charge on any atom is 0.236 e. The van der Waals surface area contributed by atoms with Gasteiger partial charge in [-0.2, -0.15) is 11.3 Å². The van der Waals surface area contributed by atoms with Gasteiger partial charge >= 0.3 is 0 Å². The van der Waals surface area contributed by atoms with Crippen molar-refractivity contribution in [2.75, 3.05) is 6.26 Å². The van der Waals surface area contributed by atoms with Crippen molar-refractivity contribution in [3.05, 3.63) is 107 Å². The van der Waals surface area contributed by atoms with Crippen molar-refractivity contribution in [2.24, 2.45) is 5.92 Å². The molecule has 45 heavy (non-hydrogen) atoms. The van der Waals surface area contributed by atoms with E-state index >= 15 is 0 Å². The average molecular weight is 656 g/mol. The van der Waals surface area contributed by atoms with Gasteiger partial charge in [0, 0.05) is 11.6 Å². The highest BCUT2D eigenvalue weighted by molar-refractivity contribution is 7.89. The van der Waals surface area contributed by atoms with Crippen LogP contribution in [0.5, 0.6) is 0 Å². The van der Waals surface area contributed by atoms with E-state index in [0.29, 0.717) is 11.8 Å². The van der Waals surface area contributed by atoms with Gasteiger partial charge in [-0.1, -0.05) is 170 Å². The largest absolute Gasteiger partial charge is 0.245 e. The second-order valence-corrected chi connectivity index (χ2v) is 13.3. The van der Waals surface area contributed by atoms with Crippen LogP contribution >= 0.6 is 11.3 Å². The SMILES string of the molecule is C.CC.CC.CC.CC(C)C.CC(C)c1ccc2ccccc2c1.CC(C)c1cn(S(C)(=O)=O)c2ccccc12.c1ccsc1. The van der Waals surface area contributed by atoms with Crippen LogP contribution < -0.4 is 0 Å². The Morgan fingerprint density at radius 2 is 1.09 bits per heavy atom. The van der Waals surface area contributed by atoms with E-state index in [0.717, 1.165) is 22.4 Å². The summed E-state index contributed by atoms with van der Waals surface area (Å²) in [6.07, 6.45) is 2.95. The Labute approximate surface area is 282 Å². The molecule has 2 aromatic heterocycles. The Bertz CT molecular complexity index is 1460. The van der Waals surface area contributed by atoms with Crippen LogP contribution in [0.3, 0.4) is 0 Å². The van der Waals surface area contributed by atoms with E-state index in [9.17, 15) is 8.42 Å². The van der Waals surface area contributed by atoms with E-state index in [2.05, 4.69) is 90.9 Å². The van der Waals surface area contributed by atoms with Crippen LogP contribution in [0, 0.1) is 5.92 Å². The molecule has 0 radical (unpaired) electrons. The van der Waals surface area contributed by atoms with E-state index < -0.39 is 10.0 Å². The number of hydrogen-bond acceptors (Lipinski definition) is 3. The van der Waals surface area contributed by atoms with Crippen molar-refractivity contribution in [1.82, 2.24) is 3.97 Å². The van der Waals surface area contributed by atoms with Gasteiger partial charge in [-0.15, -0.1) is 0 Å². The Balaban J connectivity index is -0.000000542. The van der Waals surface area contributed by atoms with E-state index in [-0.39, 0.29) is 7.43 Å². The third-order valence-corrected chi connectivity index (χ3v) is 7.20. The molecule has 3 aromatic carbocycles. The van der Waals surface area contributed by atoms with Crippen LogP contribution in [0.2, 0.25) is 0 Å². The lowest BCUT2D eigenvalue weighted by Crippen LogP contribution is -2.08. The predicted molar refractivity (Wildman–Crippen MR) is 210 cm³/mol. The highest BCUT2D eigenvalue weighted by atomic mass is 32.2. The first kappa shape index (κ1) is 46.5. The van der Waals surface area contributed by atoms with E-state index in [1.807, 2.05) is 88.7 Å². The molecule has 2 heterocycles. The summed E-state index contributed by atoms with van der Waals surface area (Å²) in [5.41, 5.74) is 3.24. The van der Waals surface area contributed by atoms with Gasteiger partial charge in [0.2, 0.25) is 10.0 Å². The fourth-order valence-corrected chi connectivity index (χ4v) is 4.98. The molecular formula is C40H65NO2S2. The molecule has 254 valence electrons. The summed E-state index contributed by atoms with van der Waals surface area (Å²) in [5, 5.41) is 7.77. The standard InChI is InChI=1S/C13H14.C12H15NO2S.C4H4S.C4H10.3C2H6.CH4/c1-10(2)12-8-7-11-5-3-4-6-13(11)9-12;1-9(2)11-8-13(16(3,14)15)12-7-5-4-6-10(11)12;1-2-4-5-3-1;1-4(2)3;3*1-2;/h3-10H,1-2H3;4-9H,1-3H3;1-4H;4H,1-3H3;3*1-2H3;1H4. The number of rotatable bonds is 3. The zero-order valence-corrected chi connectivity index (χ0v) is 31.7. The summed E-state index contributed by atoms with van der Waals surface area (Å²) < 4.78 is 24.7. The van der Waals surface area contributed by atoms with Gasteiger partial charge in [-0.05, 0) is 56.5 Å². The Hall–Kier alpha value is -2.89. The summed E-state index contributed by atoms with van der Waals surface area (Å²) >= 11 is 1.71. The number of fused-ring (bicyclic) bond motifs is 2. The first-order valence-electron chi connectivity index (χ1n) is 16.2. The maximum atomic E-state index is 11.6. The van der Waals surface area contributed by atoms with E-state index in [1.54, 1.807) is 17.5 Å². The topological polar surface area (TPSA) is 39.1 Å². The molecule has 0 fully saturated rings. The molecule has 0 aliphatic carbocycles. The molecule has 0 N–H and O–H groups in total. The summed E-state index contributed by atoms with van der Waals surface area (Å²) in [4.78, 5) is 0. The van der Waals surface area contributed by atoms with Crippen molar-refractivity contribution >= 4 is 43.0 Å². The number of para-hydroxylation sites is 1. The van der Waals surface area contributed by atoms with Crippen LogP contribution in [0.4, 0.5) is 0 Å². The van der Waals surface area contributed by atoms with E-state index in [4.69, 9.17) is 0 Å². The average Bonchev–Trinajstić information content (AvgIpc) is 3.72. The van der Waals surface area contributed by atoms with Crippen LogP contribution in [0.1, 0.15) is 120 Å². The predicted octanol–water partition coefficient (Wildman–Crippen LogP) is 13.7. The van der Waals surface area contributed by atoms with E-state index in [1.165, 1.54) is 26.6 Å². The van der Waals surface area contributed by atoms with Crippen LogP contribution in [-0.2, 0) is 10.0 Å². The van der Waals surface area contributed by atoms with Gasteiger partial charge in [-0.3, -0.25) is 0 Å². The summed E-state index contributed by atoms with van der Waals surface area (Å²) in [6, 6.07) is 26.8. The van der Waals surface area contributed by atoms with Crippen molar-refractivity contribution < 1.29 is 8.42 Å². The number of nitrogens with zero attached hydrogens (tertiary/aromatic N) is 1. The molecule has 5 aromatic rings. The second kappa shape index (κ2) is 26.3. The van der Waals surface area contributed by atoms with Crippen molar-refractivity contribution in [3.8, 4) is 0 Å². The van der Waals surface area contributed by atoms with Crippen LogP contribution in [-0.4, -0.2) is 18.6 Å². The van der Waals surface area contributed by atoms with Gasteiger partial charge in [-0.25, -0.2) is 12.4 Å². The van der Waals surface area contributed by atoms with Crippen molar-refractivity contribution in [2.45, 2.75) is 109 Å². The molecule has 0 bridgehead atoms. The zero-order valence-electron chi connectivity index (χ0n) is 30.0. The molecule has 3 nitrogen and oxygen atoms in total. The Morgan fingerprint density at radius 3 is 1.51 bits per heavy atom. The molecule has 0 aliphatic rings. The number of benzene rings is 3. The molecule has 0 aliphatic heterocycles. The molecule has 0 atom stereocenters. The van der Waals surface area contributed by atoms with Gasteiger partial charge in [0.15, 0.2) is 0 Å². The Morgan fingerprint density at radius 1 is 0.622 bits per heavy atom. The third-order valence-electron chi connectivity index (χ3n) is 5.55. The zero-order chi connectivity index (χ0) is 34.3. The lowest BCUT2D eigenvalue weighted by molar-refractivity contribution is 0.595. The second-order valence-electron chi connectivity index (χ2n) is 10.6. The van der Waals surface area contributed by atoms with Gasteiger partial charge in [0.25, 0.3) is 0 Å². The molecular weight excluding hydrogens is 591 g/mol. The summed E-state index contributed by atoms with van der Waals surface area (Å²) in [5.74, 6) is 1.76. The van der Waals surface area contributed by atoms with Crippen LogP contribution in [0.25, 0.3) is 21.7 Å². The maximum absolute atomic E-state index is 11.6. The Kier molecular flexibility index (Phi) is 27.2. The van der Waals surface area contributed by atoms with Crippen molar-refractivity contribution in [1.29, 1.82) is 0 Å². The highest BCUT2D eigenvalue weighted by Crippen LogP contribution is 2.28. The first-order chi connectivity index (χ1) is 20.9. The summed E-state index contributed by atoms with van der Waals surface area (Å²) in [6.45, 7) is 27.1. The molecule has 0 saturated carbocycles. The number of hydrogen-bond donors (Lipinski definition) is 0. The fraction of sp³-hybridized carbons (Fsp3) is 0.450. The normalized spacial score (nSPS) is 9.71. The molecule has 0 spiro atoms. The molecule has 0 saturated heterocycles. The van der Waals surface area contributed by atoms with Gasteiger partial charge in [0.05, 0.1) is 11.8 Å². The lowest BCUT2D eigenvalue weighted by atomic mass is 9.99. The summed E-state index contributed by atoms with van der Waals surface area (Å²) in [7, 11) is -3.23. The highest BCUT2D eigenvalue weighted by Gasteiger charge is 2.15. The van der Waals surface area contributed by atoms with Gasteiger partial charge < -0.3 is 0 Å².